The summed E-state index contributed by atoms with van der Waals surface area (Å²) in [6.45, 7) is 6.69. The minimum atomic E-state index is -0.102. The van der Waals surface area contributed by atoms with Crippen LogP contribution in [0, 0.1) is 0 Å². The van der Waals surface area contributed by atoms with E-state index in [1.807, 2.05) is 4.90 Å². The van der Waals surface area contributed by atoms with Crippen LogP contribution in [0.2, 0.25) is 0 Å². The Bertz CT molecular complexity index is 1240. The number of aromatic hydroxyl groups is 1. The third kappa shape index (κ3) is 5.41. The van der Waals surface area contributed by atoms with Gasteiger partial charge in [0, 0.05) is 54.4 Å². The number of methoxy groups -OCH3 is 2. The highest BCUT2D eigenvalue weighted by molar-refractivity contribution is 5.95. The van der Waals surface area contributed by atoms with Crippen molar-refractivity contribution in [1.82, 2.24) is 14.4 Å². The highest BCUT2D eigenvalue weighted by atomic mass is 16.5. The molecule has 1 aromatic heterocycles. The van der Waals surface area contributed by atoms with Crippen LogP contribution >= 0.6 is 0 Å². The minimum Gasteiger partial charge on any atom is -0.502 e. The van der Waals surface area contributed by atoms with Gasteiger partial charge in [0.2, 0.25) is 5.75 Å². The first-order valence-corrected chi connectivity index (χ1v) is 13.7. The summed E-state index contributed by atoms with van der Waals surface area (Å²) in [6, 6.07) is 12.7. The molecule has 8 nitrogen and oxygen atoms in total. The van der Waals surface area contributed by atoms with E-state index in [0.717, 1.165) is 38.2 Å². The maximum absolute atomic E-state index is 13.2. The highest BCUT2D eigenvalue weighted by Crippen LogP contribution is 2.38. The molecule has 0 spiro atoms. The first-order valence-electron chi connectivity index (χ1n) is 13.7. The van der Waals surface area contributed by atoms with Crippen molar-refractivity contribution in [1.29, 1.82) is 0 Å². The summed E-state index contributed by atoms with van der Waals surface area (Å²) in [6.07, 6.45) is 7.57. The van der Waals surface area contributed by atoms with Gasteiger partial charge in [0.05, 0.1) is 20.8 Å². The van der Waals surface area contributed by atoms with Crippen molar-refractivity contribution in [3.05, 3.63) is 48.2 Å². The van der Waals surface area contributed by atoms with Gasteiger partial charge in [-0.25, -0.2) is 0 Å². The number of carbonyl (C=O) groups excluding carboxylic acids is 1. The van der Waals surface area contributed by atoms with E-state index in [1.165, 1.54) is 44.5 Å². The second-order valence-electron chi connectivity index (χ2n) is 10.4. The lowest BCUT2D eigenvalue weighted by Crippen LogP contribution is -2.39. The zero-order chi connectivity index (χ0) is 26.6. The fourth-order valence-corrected chi connectivity index (χ4v) is 5.88. The summed E-state index contributed by atoms with van der Waals surface area (Å²) in [5, 5.41) is 11.3. The zero-order valence-corrected chi connectivity index (χ0v) is 22.7. The Hall–Kier alpha value is -3.39. The third-order valence-corrected chi connectivity index (χ3v) is 8.11. The number of benzene rings is 2. The van der Waals surface area contributed by atoms with E-state index in [-0.39, 0.29) is 23.2 Å². The molecule has 0 bridgehead atoms. The van der Waals surface area contributed by atoms with Gasteiger partial charge in [-0.15, -0.1) is 0 Å². The number of phenols is 1. The molecule has 204 valence electrons. The number of carbonyl (C=O) groups is 1. The third-order valence-electron chi connectivity index (χ3n) is 8.11. The van der Waals surface area contributed by atoms with Crippen LogP contribution in [-0.2, 0) is 0 Å². The summed E-state index contributed by atoms with van der Waals surface area (Å²) in [4.78, 5) is 17.6. The molecule has 0 aliphatic carbocycles. The molecule has 1 amide bonds. The van der Waals surface area contributed by atoms with Crippen LogP contribution in [0.4, 0.5) is 0 Å². The lowest BCUT2D eigenvalue weighted by molar-refractivity contribution is 0.0695. The smallest absolute Gasteiger partial charge is 0.254 e. The zero-order valence-electron chi connectivity index (χ0n) is 22.7. The first kappa shape index (κ1) is 26.2. The van der Waals surface area contributed by atoms with Crippen molar-refractivity contribution in [2.45, 2.75) is 51.1 Å². The van der Waals surface area contributed by atoms with E-state index in [1.54, 1.807) is 12.1 Å². The molecule has 2 saturated heterocycles. The number of amides is 1. The van der Waals surface area contributed by atoms with E-state index < -0.39 is 0 Å². The predicted molar refractivity (Wildman–Crippen MR) is 148 cm³/mol. The van der Waals surface area contributed by atoms with Crippen LogP contribution in [0.1, 0.15) is 55.4 Å². The summed E-state index contributed by atoms with van der Waals surface area (Å²) >= 11 is 0. The maximum Gasteiger partial charge on any atom is 0.254 e. The van der Waals surface area contributed by atoms with Gasteiger partial charge < -0.3 is 33.7 Å². The monoisotopic (exact) mass is 521 g/mol. The lowest BCUT2D eigenvalue weighted by Gasteiger charge is -2.33. The number of likely N-dealkylation sites (tertiary alicyclic amines) is 2. The van der Waals surface area contributed by atoms with Crippen LogP contribution in [0.25, 0.3) is 10.9 Å². The fourth-order valence-electron chi connectivity index (χ4n) is 5.88. The standard InChI is InChI=1S/C30H39N3O5/c1-21-6-4-12-31(21)13-5-17-38-25-7-8-26-22(18-25)9-16-33(26)24-10-14-32(15-11-24)30(35)23-19-27(36-2)29(34)28(20-23)37-3/h7-9,16,18-21,24,34H,4-6,10-15,17H2,1-3H3/t21-/m1/s1. The second-order valence-corrected chi connectivity index (χ2v) is 10.4. The maximum atomic E-state index is 13.2. The quantitative estimate of drug-likeness (QED) is 0.395. The van der Waals surface area contributed by atoms with Gasteiger partial charge in [-0.2, -0.15) is 0 Å². The molecule has 2 fully saturated rings. The Labute approximate surface area is 224 Å². The average molecular weight is 522 g/mol. The van der Waals surface area contributed by atoms with Gasteiger partial charge in [0.1, 0.15) is 5.75 Å². The van der Waals surface area contributed by atoms with Gasteiger partial charge in [0.15, 0.2) is 11.5 Å². The highest BCUT2D eigenvalue weighted by Gasteiger charge is 2.27. The molecule has 38 heavy (non-hydrogen) atoms. The SMILES string of the molecule is COc1cc(C(=O)N2CCC(n3ccc4cc(OCCCN5CCC[C@H]5C)ccc43)CC2)cc(OC)c1O. The number of ether oxygens (including phenoxy) is 3. The largest absolute Gasteiger partial charge is 0.502 e. The van der Waals surface area contributed by atoms with Gasteiger partial charge >= 0.3 is 0 Å². The molecule has 2 aromatic carbocycles. The van der Waals surface area contributed by atoms with Crippen molar-refractivity contribution in [3.8, 4) is 23.0 Å². The van der Waals surface area contributed by atoms with Crippen LogP contribution in [0.15, 0.2) is 42.6 Å². The Morgan fingerprint density at radius 3 is 2.39 bits per heavy atom. The van der Waals surface area contributed by atoms with Crippen LogP contribution in [0.3, 0.4) is 0 Å². The van der Waals surface area contributed by atoms with E-state index in [0.29, 0.717) is 30.7 Å². The van der Waals surface area contributed by atoms with Crippen molar-refractivity contribution in [2.75, 3.05) is 47.0 Å². The van der Waals surface area contributed by atoms with Gasteiger partial charge in [-0.1, -0.05) is 0 Å². The molecule has 0 saturated carbocycles. The van der Waals surface area contributed by atoms with Gasteiger partial charge in [-0.3, -0.25) is 4.79 Å². The normalized spacial score (nSPS) is 18.7. The first-order chi connectivity index (χ1) is 18.5. The fraction of sp³-hybridized carbons (Fsp3) is 0.500. The van der Waals surface area contributed by atoms with Crippen molar-refractivity contribution >= 4 is 16.8 Å². The molecule has 5 rings (SSSR count). The van der Waals surface area contributed by atoms with Crippen LogP contribution in [0.5, 0.6) is 23.0 Å². The Kier molecular flexibility index (Phi) is 7.98. The van der Waals surface area contributed by atoms with Gasteiger partial charge in [0.25, 0.3) is 5.91 Å². The summed E-state index contributed by atoms with van der Waals surface area (Å²) < 4.78 is 18.8. The van der Waals surface area contributed by atoms with Crippen molar-refractivity contribution in [3.63, 3.8) is 0 Å². The topological polar surface area (TPSA) is 76.4 Å². The molecule has 2 aliphatic rings. The molecule has 3 heterocycles. The number of rotatable bonds is 9. The average Bonchev–Trinajstić information content (AvgIpc) is 3.56. The molecule has 0 unspecified atom stereocenters. The van der Waals surface area contributed by atoms with Gasteiger partial charge in [-0.05, 0) is 82.0 Å². The molecule has 3 aromatic rings. The summed E-state index contributed by atoms with van der Waals surface area (Å²) in [5.74, 6) is 1.19. The number of piperidine rings is 1. The second kappa shape index (κ2) is 11.6. The van der Waals surface area contributed by atoms with E-state index in [2.05, 4.69) is 46.9 Å². The molecule has 1 atom stereocenters. The Morgan fingerprint density at radius 2 is 1.74 bits per heavy atom. The number of hydrogen-bond donors (Lipinski definition) is 1. The molecular weight excluding hydrogens is 482 g/mol. The Balaban J connectivity index is 1.17. The minimum absolute atomic E-state index is 0.0848. The molecular formula is C30H39N3O5. The predicted octanol–water partition coefficient (Wildman–Crippen LogP) is 5.09. The van der Waals surface area contributed by atoms with Crippen molar-refractivity contribution < 1.29 is 24.1 Å². The summed E-state index contributed by atoms with van der Waals surface area (Å²) in [5.41, 5.74) is 1.64. The van der Waals surface area contributed by atoms with Crippen LogP contribution < -0.4 is 14.2 Å². The molecule has 0 radical (unpaired) electrons. The molecule has 1 N–H and O–H groups in total. The Morgan fingerprint density at radius 1 is 1.00 bits per heavy atom. The number of aromatic nitrogens is 1. The van der Waals surface area contributed by atoms with E-state index >= 15 is 0 Å². The molecule has 8 heteroatoms. The van der Waals surface area contributed by atoms with Crippen molar-refractivity contribution in [2.24, 2.45) is 0 Å². The number of phenolic OH excluding ortho intramolecular Hbond substituents is 1. The number of hydrogen-bond acceptors (Lipinski definition) is 6. The van der Waals surface area contributed by atoms with E-state index in [9.17, 15) is 9.90 Å². The molecule has 2 aliphatic heterocycles. The van der Waals surface area contributed by atoms with E-state index in [4.69, 9.17) is 14.2 Å². The number of fused-ring (bicyclic) bond motifs is 1. The number of nitrogens with zero attached hydrogens (tertiary/aromatic N) is 3. The van der Waals surface area contributed by atoms with Crippen LogP contribution in [-0.4, -0.2) is 78.4 Å². The summed E-state index contributed by atoms with van der Waals surface area (Å²) in [7, 11) is 2.92. The lowest BCUT2D eigenvalue weighted by atomic mass is 10.0.